The van der Waals surface area contributed by atoms with Crippen LogP contribution in [0.1, 0.15) is 28.9 Å². The van der Waals surface area contributed by atoms with E-state index in [0.717, 1.165) is 30.7 Å². The third-order valence-corrected chi connectivity index (χ3v) is 3.35. The molecular formula is C13H15N5O. The van der Waals surface area contributed by atoms with Crippen LogP contribution in [0.2, 0.25) is 0 Å². The zero-order valence-corrected chi connectivity index (χ0v) is 10.7. The van der Waals surface area contributed by atoms with Gasteiger partial charge in [0.15, 0.2) is 11.7 Å². The molecule has 0 fully saturated rings. The number of aromatic nitrogens is 3. The number of fused-ring (bicyclic) bond motifs is 1. The third kappa shape index (κ3) is 1.95. The van der Waals surface area contributed by atoms with Crippen molar-refractivity contribution in [3.05, 3.63) is 40.8 Å². The summed E-state index contributed by atoms with van der Waals surface area (Å²) in [5.74, 6) is 0.675. The summed E-state index contributed by atoms with van der Waals surface area (Å²) in [5.41, 5.74) is 9.52. The Kier molecular flexibility index (Phi) is 2.70. The molecular weight excluding hydrogens is 242 g/mol. The Hall–Kier alpha value is -2.37. The van der Waals surface area contributed by atoms with Crippen LogP contribution in [0.15, 0.2) is 23.5 Å². The molecule has 0 unspecified atom stereocenters. The maximum atomic E-state index is 8.92. The summed E-state index contributed by atoms with van der Waals surface area (Å²) in [6, 6.07) is 3.85. The molecule has 0 saturated heterocycles. The molecule has 0 atom stereocenters. The van der Waals surface area contributed by atoms with E-state index in [2.05, 4.69) is 15.2 Å². The Labute approximate surface area is 110 Å². The highest BCUT2D eigenvalue weighted by molar-refractivity contribution is 6.00. The monoisotopic (exact) mass is 257 g/mol. The molecule has 0 aliphatic heterocycles. The lowest BCUT2D eigenvalue weighted by molar-refractivity contribution is 0.318. The van der Waals surface area contributed by atoms with Crippen molar-refractivity contribution in [1.29, 1.82) is 0 Å². The van der Waals surface area contributed by atoms with Crippen molar-refractivity contribution < 1.29 is 5.21 Å². The van der Waals surface area contributed by atoms with Crippen molar-refractivity contribution in [2.24, 2.45) is 10.9 Å². The van der Waals surface area contributed by atoms with Gasteiger partial charge in [-0.3, -0.25) is 0 Å². The van der Waals surface area contributed by atoms with Crippen LogP contribution in [0.5, 0.6) is 0 Å². The molecule has 0 aromatic carbocycles. The fourth-order valence-electron chi connectivity index (χ4n) is 2.41. The van der Waals surface area contributed by atoms with Gasteiger partial charge in [-0.2, -0.15) is 5.10 Å². The summed E-state index contributed by atoms with van der Waals surface area (Å²) in [5, 5.41) is 16.4. The van der Waals surface area contributed by atoms with Crippen LogP contribution in [0.3, 0.4) is 0 Å². The van der Waals surface area contributed by atoms with E-state index in [4.69, 9.17) is 10.9 Å². The van der Waals surface area contributed by atoms with Crippen LogP contribution in [0.4, 0.5) is 0 Å². The van der Waals surface area contributed by atoms with Crippen molar-refractivity contribution in [3.8, 4) is 5.82 Å². The first-order valence-corrected chi connectivity index (χ1v) is 6.22. The number of pyridine rings is 1. The second-order valence-electron chi connectivity index (χ2n) is 4.71. The average Bonchev–Trinajstić information content (AvgIpc) is 3.04. The first-order valence-electron chi connectivity index (χ1n) is 6.22. The Bertz CT molecular complexity index is 659. The smallest absolute Gasteiger partial charge is 0.173 e. The normalized spacial score (nSPS) is 14.7. The summed E-state index contributed by atoms with van der Waals surface area (Å²) in [6.45, 7) is 1.91. The lowest BCUT2D eigenvalue weighted by Crippen LogP contribution is -2.19. The number of hydrogen-bond acceptors (Lipinski definition) is 4. The fourth-order valence-corrected chi connectivity index (χ4v) is 2.41. The lowest BCUT2D eigenvalue weighted by atomic mass is 10.1. The van der Waals surface area contributed by atoms with Crippen LogP contribution < -0.4 is 5.73 Å². The van der Waals surface area contributed by atoms with Gasteiger partial charge in [0.05, 0.1) is 11.3 Å². The topological polar surface area (TPSA) is 89.3 Å². The van der Waals surface area contributed by atoms with Gasteiger partial charge >= 0.3 is 0 Å². The van der Waals surface area contributed by atoms with Gasteiger partial charge in [0.25, 0.3) is 0 Å². The molecule has 0 saturated carbocycles. The molecule has 1 aliphatic carbocycles. The minimum Gasteiger partial charge on any atom is -0.409 e. The Morgan fingerprint density at radius 2 is 2.32 bits per heavy atom. The highest BCUT2D eigenvalue weighted by Crippen LogP contribution is 2.24. The molecule has 6 nitrogen and oxygen atoms in total. The SMILES string of the molecule is Cc1ccn(-c2nc3c(cc2C(N)=NO)CCC3)n1. The first kappa shape index (κ1) is 11.7. The summed E-state index contributed by atoms with van der Waals surface area (Å²) in [7, 11) is 0. The fraction of sp³-hybridized carbons (Fsp3) is 0.308. The van der Waals surface area contributed by atoms with Gasteiger partial charge in [-0.15, -0.1) is 0 Å². The number of nitrogens with two attached hydrogens (primary N) is 1. The molecule has 98 valence electrons. The number of nitrogens with zero attached hydrogens (tertiary/aromatic N) is 4. The first-order chi connectivity index (χ1) is 9.19. The summed E-state index contributed by atoms with van der Waals surface area (Å²) < 4.78 is 1.67. The zero-order chi connectivity index (χ0) is 13.4. The van der Waals surface area contributed by atoms with E-state index in [-0.39, 0.29) is 5.84 Å². The summed E-state index contributed by atoms with van der Waals surface area (Å²) >= 11 is 0. The highest BCUT2D eigenvalue weighted by Gasteiger charge is 2.19. The van der Waals surface area contributed by atoms with Crippen LogP contribution in [0, 0.1) is 6.92 Å². The summed E-state index contributed by atoms with van der Waals surface area (Å²) in [6.07, 6.45) is 4.89. The van der Waals surface area contributed by atoms with Gasteiger partial charge in [0.2, 0.25) is 0 Å². The van der Waals surface area contributed by atoms with E-state index >= 15 is 0 Å². The molecule has 6 heteroatoms. The van der Waals surface area contributed by atoms with Gasteiger partial charge in [-0.25, -0.2) is 9.67 Å². The minimum atomic E-state index is 0.0605. The molecule has 0 radical (unpaired) electrons. The quantitative estimate of drug-likeness (QED) is 0.365. The van der Waals surface area contributed by atoms with Crippen molar-refractivity contribution >= 4 is 5.84 Å². The van der Waals surface area contributed by atoms with Gasteiger partial charge in [-0.1, -0.05) is 5.16 Å². The van der Waals surface area contributed by atoms with Crippen molar-refractivity contribution in [2.45, 2.75) is 26.2 Å². The molecule has 1 aliphatic rings. The molecule has 0 bridgehead atoms. The van der Waals surface area contributed by atoms with E-state index in [1.807, 2.05) is 25.3 Å². The van der Waals surface area contributed by atoms with Crippen LogP contribution in [0.25, 0.3) is 5.82 Å². The molecule has 3 rings (SSSR count). The van der Waals surface area contributed by atoms with E-state index in [9.17, 15) is 0 Å². The maximum absolute atomic E-state index is 8.92. The average molecular weight is 257 g/mol. The zero-order valence-electron chi connectivity index (χ0n) is 10.7. The molecule has 0 spiro atoms. The van der Waals surface area contributed by atoms with E-state index in [1.54, 1.807) is 4.68 Å². The number of rotatable bonds is 2. The van der Waals surface area contributed by atoms with Gasteiger partial charge in [0, 0.05) is 11.9 Å². The van der Waals surface area contributed by atoms with E-state index in [0.29, 0.717) is 11.4 Å². The van der Waals surface area contributed by atoms with Crippen molar-refractivity contribution in [2.75, 3.05) is 0 Å². The molecule has 3 N–H and O–H groups in total. The Balaban J connectivity index is 2.21. The lowest BCUT2D eigenvalue weighted by Gasteiger charge is -2.10. The maximum Gasteiger partial charge on any atom is 0.173 e. The van der Waals surface area contributed by atoms with Gasteiger partial charge < -0.3 is 10.9 Å². The van der Waals surface area contributed by atoms with Crippen LogP contribution >= 0.6 is 0 Å². The van der Waals surface area contributed by atoms with E-state index < -0.39 is 0 Å². The van der Waals surface area contributed by atoms with E-state index in [1.165, 1.54) is 5.56 Å². The standard InChI is InChI=1S/C13H15N5O/c1-8-5-6-18(16-8)13-10(12(14)17-19)7-9-3-2-4-11(9)15-13/h5-7,19H,2-4H2,1H3,(H2,14,17). The molecule has 2 aromatic rings. The largest absolute Gasteiger partial charge is 0.409 e. The van der Waals surface area contributed by atoms with Gasteiger partial charge in [-0.05, 0) is 43.9 Å². The second-order valence-corrected chi connectivity index (χ2v) is 4.71. The van der Waals surface area contributed by atoms with Crippen LogP contribution in [-0.4, -0.2) is 25.8 Å². The van der Waals surface area contributed by atoms with Gasteiger partial charge in [0.1, 0.15) is 0 Å². The molecule has 2 aromatic heterocycles. The molecule has 2 heterocycles. The number of hydrogen-bond donors (Lipinski definition) is 2. The van der Waals surface area contributed by atoms with Crippen LogP contribution in [-0.2, 0) is 12.8 Å². The van der Waals surface area contributed by atoms with Crippen molar-refractivity contribution in [1.82, 2.24) is 14.8 Å². The second kappa shape index (κ2) is 4.38. The minimum absolute atomic E-state index is 0.0605. The summed E-state index contributed by atoms with van der Waals surface area (Å²) in [4.78, 5) is 4.63. The Morgan fingerprint density at radius 3 is 3.00 bits per heavy atom. The number of oxime groups is 1. The Morgan fingerprint density at radius 1 is 1.47 bits per heavy atom. The predicted octanol–water partition coefficient (Wildman–Crippen LogP) is 1.16. The highest BCUT2D eigenvalue weighted by atomic mass is 16.4. The number of aryl methyl sites for hydroxylation is 3. The predicted molar refractivity (Wildman–Crippen MR) is 70.6 cm³/mol. The number of amidine groups is 1. The van der Waals surface area contributed by atoms with Crippen molar-refractivity contribution in [3.63, 3.8) is 0 Å². The molecule has 19 heavy (non-hydrogen) atoms. The third-order valence-electron chi connectivity index (χ3n) is 3.35. The molecule has 0 amide bonds.